The van der Waals surface area contributed by atoms with E-state index in [2.05, 4.69) is 53.3 Å². The number of hydrogen-bond acceptors (Lipinski definition) is 39. The van der Waals surface area contributed by atoms with Gasteiger partial charge in [0.05, 0.1) is 84.7 Å². The van der Waals surface area contributed by atoms with Crippen LogP contribution in [-0.4, -0.2) is 333 Å². The molecule has 18 unspecified atom stereocenters. The summed E-state index contributed by atoms with van der Waals surface area (Å²) in [6.45, 7) is 17.7. The van der Waals surface area contributed by atoms with Crippen molar-refractivity contribution in [1.29, 1.82) is 5.26 Å². The SMILES string of the molecule is CC(=O)NC1C(OCCOCCNC(=O)CCC(NC(=O)CCC(NC(=O)C2CCC(OP(OCCC#N)N(C(C)C)C(C)C)CC2)C(=O)NCCOCCOC2OC(COC(C)=O)C(OC(C)=O)C(OC(C)=O)C2NC(C)=O)C(=O)NCCOCCOC2OC(COC(C)=O)C(OC(C)=O)C(OC(C)=O)C2NC(C)=O)OC(COC(C)=O)C(OC(C)=O)C1OC(C)=O. The molecule has 128 heavy (non-hydrogen) atoms. The first-order valence-corrected chi connectivity index (χ1v) is 43.2. The highest BCUT2D eigenvalue weighted by Gasteiger charge is 2.55. The molecule has 18 atom stereocenters. The number of rotatable bonds is 55. The van der Waals surface area contributed by atoms with Crippen molar-refractivity contribution in [3.63, 3.8) is 0 Å². The Morgan fingerprint density at radius 3 is 1.05 bits per heavy atom. The molecule has 0 bridgehead atoms. The van der Waals surface area contributed by atoms with Gasteiger partial charge in [0.2, 0.25) is 47.3 Å². The molecule has 724 valence electrons. The molecule has 47 nitrogen and oxygen atoms in total. The fraction of sp³-hybridized carbons (Fsp3) is 0.775. The fourth-order valence-electron chi connectivity index (χ4n) is 13.9. The Morgan fingerprint density at radius 1 is 0.398 bits per heavy atom. The number of ether oxygens (including phenoxy) is 18. The molecular formula is C80H127N10O37P. The normalized spacial score (nSPS) is 24.4. The molecule has 8 N–H and O–H groups in total. The predicted molar refractivity (Wildman–Crippen MR) is 436 cm³/mol. The maximum Gasteiger partial charge on any atom is 0.303 e. The molecule has 3 saturated heterocycles. The molecule has 3 aliphatic heterocycles. The van der Waals surface area contributed by atoms with Gasteiger partial charge in [-0.2, -0.15) is 5.26 Å². The van der Waals surface area contributed by atoms with Gasteiger partial charge in [-0.3, -0.25) is 81.5 Å². The number of nitrogens with one attached hydrogen (secondary N) is 8. The van der Waals surface area contributed by atoms with E-state index < -0.39 is 246 Å². The van der Waals surface area contributed by atoms with Crippen LogP contribution in [0.3, 0.4) is 0 Å². The number of nitrogens with zero attached hydrogens (tertiary/aromatic N) is 2. The van der Waals surface area contributed by atoms with Gasteiger partial charge < -0.3 is 137 Å². The molecule has 4 rings (SSSR count). The van der Waals surface area contributed by atoms with Crippen LogP contribution in [0.1, 0.15) is 169 Å². The molecule has 0 aromatic carbocycles. The largest absolute Gasteiger partial charge is 0.463 e. The number of carbonyl (C=O) groups excluding carboxylic acids is 17. The van der Waals surface area contributed by atoms with Crippen LogP contribution in [-0.2, 0) is 176 Å². The molecule has 0 radical (unpaired) electrons. The average Bonchev–Trinajstić information content (AvgIpc) is 0.794. The van der Waals surface area contributed by atoms with Crippen molar-refractivity contribution in [2.75, 3.05) is 106 Å². The van der Waals surface area contributed by atoms with Crippen LogP contribution >= 0.6 is 8.53 Å². The van der Waals surface area contributed by atoms with Crippen molar-refractivity contribution in [3.8, 4) is 6.07 Å². The third-order valence-corrected chi connectivity index (χ3v) is 21.1. The highest BCUT2D eigenvalue weighted by atomic mass is 31.2. The quantitative estimate of drug-likeness (QED) is 0.0153. The van der Waals surface area contributed by atoms with Crippen LogP contribution in [0.25, 0.3) is 0 Å². The van der Waals surface area contributed by atoms with E-state index >= 15 is 0 Å². The van der Waals surface area contributed by atoms with Crippen LogP contribution < -0.4 is 42.5 Å². The first kappa shape index (κ1) is 111. The lowest BCUT2D eigenvalue weighted by Crippen LogP contribution is -2.66. The number of nitriles is 1. The predicted octanol–water partition coefficient (Wildman–Crippen LogP) is -1.22. The van der Waals surface area contributed by atoms with Crippen molar-refractivity contribution >= 4 is 110 Å². The first-order chi connectivity index (χ1) is 60.6. The highest BCUT2D eigenvalue weighted by Crippen LogP contribution is 2.49. The Bertz CT molecular complexity index is 3680. The minimum atomic E-state index is -1.62. The summed E-state index contributed by atoms with van der Waals surface area (Å²) < 4.78 is 116. The lowest BCUT2D eigenvalue weighted by Gasteiger charge is -2.44. The lowest BCUT2D eigenvalue weighted by atomic mass is 9.86. The first-order valence-electron chi connectivity index (χ1n) is 42.1. The highest BCUT2D eigenvalue weighted by molar-refractivity contribution is 7.44. The van der Waals surface area contributed by atoms with Crippen LogP contribution in [0.2, 0.25) is 0 Å². The summed E-state index contributed by atoms with van der Waals surface area (Å²) in [4.78, 5) is 218. The zero-order chi connectivity index (χ0) is 95.3. The summed E-state index contributed by atoms with van der Waals surface area (Å²) >= 11 is 0. The number of amides is 8. The van der Waals surface area contributed by atoms with E-state index in [1.165, 1.54) is 13.8 Å². The molecule has 4 aliphatic rings. The number of carbonyl (C=O) groups is 17. The zero-order valence-corrected chi connectivity index (χ0v) is 76.1. The smallest absolute Gasteiger partial charge is 0.303 e. The monoisotopic (exact) mass is 1850 g/mol. The second-order valence-corrected chi connectivity index (χ2v) is 31.8. The van der Waals surface area contributed by atoms with E-state index in [0.29, 0.717) is 25.7 Å². The molecule has 48 heteroatoms. The van der Waals surface area contributed by atoms with Gasteiger partial charge >= 0.3 is 53.7 Å². The molecule has 0 aromatic rings. The van der Waals surface area contributed by atoms with E-state index in [9.17, 15) is 86.8 Å². The summed E-state index contributed by atoms with van der Waals surface area (Å²) in [6.07, 6.45) is -16.7. The van der Waals surface area contributed by atoms with Crippen molar-refractivity contribution in [1.82, 2.24) is 47.2 Å². The van der Waals surface area contributed by atoms with E-state index in [4.69, 9.17) is 94.3 Å². The summed E-state index contributed by atoms with van der Waals surface area (Å²) in [5.41, 5.74) is 0. The minimum absolute atomic E-state index is 0.0165. The van der Waals surface area contributed by atoms with Crippen LogP contribution in [0.15, 0.2) is 0 Å². The van der Waals surface area contributed by atoms with Crippen LogP contribution in [0.4, 0.5) is 0 Å². The maximum absolute atomic E-state index is 14.4. The van der Waals surface area contributed by atoms with Gasteiger partial charge in [-0.25, -0.2) is 4.67 Å². The Morgan fingerprint density at radius 2 is 0.727 bits per heavy atom. The van der Waals surface area contributed by atoms with Gasteiger partial charge in [0.15, 0.2) is 55.5 Å². The summed E-state index contributed by atoms with van der Waals surface area (Å²) in [5, 5.41) is 30.5. The molecule has 4 fully saturated rings. The van der Waals surface area contributed by atoms with Crippen molar-refractivity contribution < 1.29 is 176 Å². The Labute approximate surface area is 743 Å². The molecule has 0 aromatic heterocycles. The van der Waals surface area contributed by atoms with Crippen molar-refractivity contribution in [3.05, 3.63) is 0 Å². The second-order valence-electron chi connectivity index (χ2n) is 30.4. The Kier molecular flexibility index (Phi) is 50.9. The van der Waals surface area contributed by atoms with Crippen LogP contribution in [0, 0.1) is 17.2 Å². The summed E-state index contributed by atoms with van der Waals surface area (Å²) in [7, 11) is -1.62. The van der Waals surface area contributed by atoms with Gasteiger partial charge in [-0.05, 0) is 66.2 Å². The molecule has 3 heterocycles. The minimum Gasteiger partial charge on any atom is -0.463 e. The fourth-order valence-corrected chi connectivity index (χ4v) is 15.6. The second kappa shape index (κ2) is 58.9. The maximum atomic E-state index is 14.4. The van der Waals surface area contributed by atoms with E-state index in [1.54, 1.807) is 0 Å². The van der Waals surface area contributed by atoms with E-state index in [-0.39, 0.29) is 130 Å². The average molecular weight is 1850 g/mol. The standard InChI is InChI=1S/C80H127N10O37P/c1-43(2)90(44(3)4)128(117-30-17-26-81)127-58-20-18-57(19-21-58)75(105)89-60(77(107)84-29-33-110-36-39-113-80-68(87-47(7)93)74(123-56(16)102)71(120-53(13)99)63(126-80)42-116-50(10)96)23-25-65(104)88-59(76(106)83-28-32-109-35-38-112-79-67(86-46(6)92)73(122-55(15)101)70(119-52(12)98)62(125-79)41-115-49(9)95)22-24-64(103)82-27-31-108-34-37-111-78-66(85-45(5)91)72(121-54(14)100)69(118-51(11)97)61(124-78)40-114-48(8)94/h43-44,57-63,66-74,78-80H,17-25,27-42H2,1-16H3,(H,82,103)(H,83,106)(H,84,107)(H,85,91)(H,86,92)(H,87,93)(H,88,104)(H,89,105). The number of hydrogen-bond donors (Lipinski definition) is 8. The van der Waals surface area contributed by atoms with Crippen LogP contribution in [0.5, 0.6) is 0 Å². The van der Waals surface area contributed by atoms with Gasteiger partial charge in [-0.15, -0.1) is 0 Å². The molecule has 1 aliphatic carbocycles. The summed E-state index contributed by atoms with van der Waals surface area (Å²) in [5.74, 6) is -13.1. The van der Waals surface area contributed by atoms with Crippen molar-refractivity contribution in [2.24, 2.45) is 5.92 Å². The topological polar surface area (TPSA) is 598 Å². The lowest BCUT2D eigenvalue weighted by molar-refractivity contribution is -0.279. The third kappa shape index (κ3) is 41.9. The van der Waals surface area contributed by atoms with E-state index in [0.717, 1.165) is 69.2 Å². The molecule has 0 spiro atoms. The number of esters is 9. The molecular weight excluding hydrogens is 1720 g/mol. The van der Waals surface area contributed by atoms with Gasteiger partial charge in [-0.1, -0.05) is 0 Å². The van der Waals surface area contributed by atoms with E-state index in [1.807, 2.05) is 27.7 Å². The van der Waals surface area contributed by atoms with Gasteiger partial charge in [0.25, 0.3) is 8.53 Å². The van der Waals surface area contributed by atoms with Gasteiger partial charge in [0, 0.05) is 134 Å². The van der Waals surface area contributed by atoms with Crippen molar-refractivity contribution in [2.45, 2.75) is 291 Å². The molecule has 1 saturated carbocycles. The zero-order valence-electron chi connectivity index (χ0n) is 75.2. The Hall–Kier alpha value is -9.57. The Balaban J connectivity index is 1.55. The third-order valence-electron chi connectivity index (χ3n) is 19.0. The van der Waals surface area contributed by atoms with Gasteiger partial charge in [0.1, 0.15) is 68.3 Å². The molecule has 8 amide bonds. The summed E-state index contributed by atoms with van der Waals surface area (Å²) in [6, 6.07) is -4.57.